The molecule has 0 spiro atoms. The van der Waals surface area contributed by atoms with Crippen molar-refractivity contribution in [1.29, 1.82) is 0 Å². The van der Waals surface area contributed by atoms with Gasteiger partial charge in [0.1, 0.15) is 0 Å². The average molecular weight is 229 g/mol. The minimum Gasteiger partial charge on any atom is -0.480 e. The minimum atomic E-state index is -4.83. The quantitative estimate of drug-likeness (QED) is 0.667. The number of carboxylic acids is 1. The van der Waals surface area contributed by atoms with Crippen molar-refractivity contribution in [3.8, 4) is 0 Å². The summed E-state index contributed by atoms with van der Waals surface area (Å²) in [4.78, 5) is 10.5. The van der Waals surface area contributed by atoms with Gasteiger partial charge in [0, 0.05) is 13.7 Å². The SMILES string of the molecule is COCCCNC(C)(C(=O)O)C(F)(F)F. The molecule has 0 saturated carbocycles. The van der Waals surface area contributed by atoms with Crippen molar-refractivity contribution >= 4 is 5.97 Å². The number of methoxy groups -OCH3 is 1. The van der Waals surface area contributed by atoms with Gasteiger partial charge in [-0.3, -0.25) is 5.32 Å². The Balaban J connectivity index is 4.35. The molecule has 7 heteroatoms. The first-order valence-corrected chi connectivity index (χ1v) is 4.30. The fraction of sp³-hybridized carbons (Fsp3) is 0.875. The summed E-state index contributed by atoms with van der Waals surface area (Å²) in [6.45, 7) is 0.804. The molecule has 0 radical (unpaired) electrons. The average Bonchev–Trinajstić information content (AvgIpc) is 2.09. The van der Waals surface area contributed by atoms with E-state index in [1.54, 1.807) is 0 Å². The molecule has 0 rings (SSSR count). The van der Waals surface area contributed by atoms with Crippen LogP contribution in [-0.2, 0) is 9.53 Å². The van der Waals surface area contributed by atoms with E-state index in [9.17, 15) is 18.0 Å². The molecule has 15 heavy (non-hydrogen) atoms. The normalized spacial score (nSPS) is 16.1. The molecule has 90 valence electrons. The van der Waals surface area contributed by atoms with E-state index in [1.165, 1.54) is 7.11 Å². The molecule has 0 aliphatic heterocycles. The molecule has 1 atom stereocenters. The zero-order valence-electron chi connectivity index (χ0n) is 8.52. The van der Waals surface area contributed by atoms with Crippen LogP contribution in [0.3, 0.4) is 0 Å². The van der Waals surface area contributed by atoms with Crippen LogP contribution >= 0.6 is 0 Å². The number of carbonyl (C=O) groups is 1. The van der Waals surface area contributed by atoms with Gasteiger partial charge in [-0.1, -0.05) is 0 Å². The summed E-state index contributed by atoms with van der Waals surface area (Å²) in [6.07, 6.45) is -4.51. The van der Waals surface area contributed by atoms with Gasteiger partial charge in [0.2, 0.25) is 5.54 Å². The van der Waals surface area contributed by atoms with Crippen LogP contribution < -0.4 is 5.32 Å². The number of aliphatic carboxylic acids is 1. The molecule has 0 aliphatic carbocycles. The lowest BCUT2D eigenvalue weighted by Gasteiger charge is -2.28. The van der Waals surface area contributed by atoms with Crippen molar-refractivity contribution in [1.82, 2.24) is 5.32 Å². The summed E-state index contributed by atoms with van der Waals surface area (Å²) in [5.41, 5.74) is -2.90. The number of ether oxygens (including phenoxy) is 1. The van der Waals surface area contributed by atoms with Crippen LogP contribution in [-0.4, -0.2) is 43.1 Å². The Morgan fingerprint density at radius 1 is 1.47 bits per heavy atom. The van der Waals surface area contributed by atoms with Crippen LogP contribution in [0.5, 0.6) is 0 Å². The zero-order chi connectivity index (χ0) is 12.1. The van der Waals surface area contributed by atoms with Gasteiger partial charge in [-0.15, -0.1) is 0 Å². The highest BCUT2D eigenvalue weighted by molar-refractivity contribution is 5.79. The van der Waals surface area contributed by atoms with Crippen LogP contribution in [0, 0.1) is 0 Å². The summed E-state index contributed by atoms with van der Waals surface area (Å²) in [5.74, 6) is -1.94. The third-order valence-corrected chi connectivity index (χ3v) is 2.00. The number of hydrogen-bond donors (Lipinski definition) is 2. The lowest BCUT2D eigenvalue weighted by atomic mass is 10.0. The molecule has 0 fully saturated rings. The second-order valence-corrected chi connectivity index (χ2v) is 3.20. The van der Waals surface area contributed by atoms with Crippen LogP contribution in [0.1, 0.15) is 13.3 Å². The first-order valence-electron chi connectivity index (χ1n) is 4.30. The molecular formula is C8H14F3NO3. The smallest absolute Gasteiger partial charge is 0.417 e. The molecule has 0 amide bonds. The first kappa shape index (κ1) is 14.2. The van der Waals surface area contributed by atoms with Gasteiger partial charge in [0.05, 0.1) is 0 Å². The van der Waals surface area contributed by atoms with Crippen molar-refractivity contribution in [2.45, 2.75) is 25.1 Å². The number of nitrogens with one attached hydrogen (secondary N) is 1. The van der Waals surface area contributed by atoms with E-state index in [1.807, 2.05) is 5.32 Å². The molecule has 0 heterocycles. The molecule has 0 aromatic rings. The lowest BCUT2D eigenvalue weighted by Crippen LogP contribution is -2.60. The fourth-order valence-electron chi connectivity index (χ4n) is 0.852. The van der Waals surface area contributed by atoms with Gasteiger partial charge < -0.3 is 9.84 Å². The highest BCUT2D eigenvalue weighted by atomic mass is 19.4. The Hall–Kier alpha value is -0.820. The third-order valence-electron chi connectivity index (χ3n) is 2.00. The van der Waals surface area contributed by atoms with Crippen molar-refractivity contribution in [2.75, 3.05) is 20.3 Å². The van der Waals surface area contributed by atoms with Crippen LogP contribution in [0.4, 0.5) is 13.2 Å². The molecule has 2 N–H and O–H groups in total. The van der Waals surface area contributed by atoms with Gasteiger partial charge in [-0.05, 0) is 19.9 Å². The Morgan fingerprint density at radius 2 is 2.00 bits per heavy atom. The van der Waals surface area contributed by atoms with Crippen LogP contribution in [0.25, 0.3) is 0 Å². The van der Waals surface area contributed by atoms with E-state index >= 15 is 0 Å². The standard InChI is InChI=1S/C8H14F3NO3/c1-7(6(13)14,8(9,10)11)12-4-3-5-15-2/h12H,3-5H2,1-2H3,(H,13,14). The molecule has 4 nitrogen and oxygen atoms in total. The Bertz CT molecular complexity index is 220. The van der Waals surface area contributed by atoms with E-state index in [0.717, 1.165) is 0 Å². The number of alkyl halides is 3. The summed E-state index contributed by atoms with van der Waals surface area (Å²) in [5, 5.41) is 10.5. The van der Waals surface area contributed by atoms with Crippen molar-refractivity contribution in [3.05, 3.63) is 0 Å². The maximum Gasteiger partial charge on any atom is 0.417 e. The Morgan fingerprint density at radius 3 is 2.33 bits per heavy atom. The van der Waals surface area contributed by atoms with Gasteiger partial charge in [-0.25, -0.2) is 4.79 Å². The summed E-state index contributed by atoms with van der Waals surface area (Å²) >= 11 is 0. The van der Waals surface area contributed by atoms with E-state index in [0.29, 0.717) is 13.3 Å². The van der Waals surface area contributed by atoms with Crippen molar-refractivity contribution in [2.24, 2.45) is 0 Å². The first-order chi connectivity index (χ1) is 6.75. The second-order valence-electron chi connectivity index (χ2n) is 3.20. The molecule has 0 aromatic heterocycles. The molecule has 1 unspecified atom stereocenters. The predicted octanol–water partition coefficient (Wildman–Crippen LogP) is 1.02. The number of carboxylic acid groups (broad SMARTS) is 1. The van der Waals surface area contributed by atoms with Crippen molar-refractivity contribution in [3.63, 3.8) is 0 Å². The lowest BCUT2D eigenvalue weighted by molar-refractivity contribution is -0.205. The number of halogens is 3. The van der Waals surface area contributed by atoms with Crippen LogP contribution in [0.15, 0.2) is 0 Å². The van der Waals surface area contributed by atoms with Crippen molar-refractivity contribution < 1.29 is 27.8 Å². The Labute approximate surface area is 85.4 Å². The predicted molar refractivity (Wildman–Crippen MR) is 46.6 cm³/mol. The van der Waals surface area contributed by atoms with E-state index in [-0.39, 0.29) is 13.2 Å². The molecular weight excluding hydrogens is 215 g/mol. The molecule has 0 aliphatic rings. The summed E-state index contributed by atoms with van der Waals surface area (Å²) in [6, 6.07) is 0. The fourth-order valence-corrected chi connectivity index (χ4v) is 0.852. The highest BCUT2D eigenvalue weighted by Crippen LogP contribution is 2.30. The number of hydrogen-bond acceptors (Lipinski definition) is 3. The molecule has 0 saturated heterocycles. The Kier molecular flexibility index (Phi) is 5.02. The summed E-state index contributed by atoms with van der Waals surface area (Å²) in [7, 11) is 1.42. The summed E-state index contributed by atoms with van der Waals surface area (Å²) < 4.78 is 41.8. The van der Waals surface area contributed by atoms with Gasteiger partial charge >= 0.3 is 12.1 Å². The monoisotopic (exact) mass is 229 g/mol. The maximum absolute atomic E-state index is 12.4. The van der Waals surface area contributed by atoms with E-state index in [2.05, 4.69) is 4.74 Å². The zero-order valence-corrected chi connectivity index (χ0v) is 8.52. The molecule has 0 aromatic carbocycles. The topological polar surface area (TPSA) is 58.6 Å². The van der Waals surface area contributed by atoms with Gasteiger partial charge in [0.15, 0.2) is 0 Å². The minimum absolute atomic E-state index is 0.0733. The van der Waals surface area contributed by atoms with Crippen LogP contribution in [0.2, 0.25) is 0 Å². The third kappa shape index (κ3) is 3.67. The molecule has 0 bridgehead atoms. The second kappa shape index (κ2) is 5.32. The number of rotatable bonds is 6. The van der Waals surface area contributed by atoms with Gasteiger partial charge in [0.25, 0.3) is 0 Å². The largest absolute Gasteiger partial charge is 0.480 e. The van der Waals surface area contributed by atoms with E-state index < -0.39 is 17.7 Å². The maximum atomic E-state index is 12.4. The van der Waals surface area contributed by atoms with Gasteiger partial charge in [-0.2, -0.15) is 13.2 Å². The van der Waals surface area contributed by atoms with E-state index in [4.69, 9.17) is 5.11 Å². The highest BCUT2D eigenvalue weighted by Gasteiger charge is 2.56.